The Morgan fingerprint density at radius 2 is 1.77 bits per heavy atom. The number of hydrazone groups is 1. The minimum atomic E-state index is -1.01. The second-order valence-corrected chi connectivity index (χ2v) is 6.14. The molecule has 26 heavy (non-hydrogen) atoms. The molecular weight excluding hydrogens is 350 g/mol. The number of anilines is 1. The summed E-state index contributed by atoms with van der Waals surface area (Å²) in [4.78, 5) is 10.5. The number of ether oxygens (including phenoxy) is 1. The Bertz CT molecular complexity index is 812. The van der Waals surface area contributed by atoms with E-state index in [-0.39, 0.29) is 6.61 Å². The molecule has 2 aromatic carbocycles. The molecule has 6 nitrogen and oxygen atoms in total. The van der Waals surface area contributed by atoms with Gasteiger partial charge >= 0.3 is 5.97 Å². The van der Waals surface area contributed by atoms with E-state index in [4.69, 9.17) is 22.1 Å². The number of hydrogen-bond donors (Lipinski definition) is 3. The number of aryl methyl sites for hydroxylation is 2. The third kappa shape index (κ3) is 5.56. The lowest BCUT2D eigenvalue weighted by Gasteiger charge is -2.13. The Kier molecular flexibility index (Phi) is 6.68. The third-order valence-electron chi connectivity index (χ3n) is 3.68. The van der Waals surface area contributed by atoms with Crippen LogP contribution >= 0.6 is 12.2 Å². The summed E-state index contributed by atoms with van der Waals surface area (Å²) in [5.41, 5.74) is 7.62. The first-order chi connectivity index (χ1) is 12.4. The molecular formula is C19H21N3O3S. The Labute approximate surface area is 157 Å². The first-order valence-corrected chi connectivity index (χ1v) is 8.40. The summed E-state index contributed by atoms with van der Waals surface area (Å²) in [6.07, 6.45) is 0. The van der Waals surface area contributed by atoms with Gasteiger partial charge in [0.25, 0.3) is 0 Å². The van der Waals surface area contributed by atoms with Gasteiger partial charge < -0.3 is 15.2 Å². The lowest BCUT2D eigenvalue weighted by molar-refractivity contribution is -0.139. The monoisotopic (exact) mass is 371 g/mol. The molecule has 0 aliphatic heterocycles. The zero-order valence-electron chi connectivity index (χ0n) is 14.9. The molecule has 0 fully saturated rings. The maximum absolute atomic E-state index is 10.5. The summed E-state index contributed by atoms with van der Waals surface area (Å²) >= 11 is 5.30. The Balaban J connectivity index is 1.96. The van der Waals surface area contributed by atoms with Crippen molar-refractivity contribution >= 4 is 34.7 Å². The molecule has 2 rings (SSSR count). The SMILES string of the molecule is C/C(=N/NC(=S)Nc1c(C)cccc1C)c1ccc(OCC(=O)O)cc1. The minimum absolute atomic E-state index is 0.369. The van der Waals surface area contributed by atoms with Gasteiger partial charge in [-0.15, -0.1) is 0 Å². The predicted octanol–water partition coefficient (Wildman–Crippen LogP) is 3.48. The van der Waals surface area contributed by atoms with Crippen molar-refractivity contribution in [2.75, 3.05) is 11.9 Å². The first kappa shape index (κ1) is 19.4. The molecule has 0 atom stereocenters. The fourth-order valence-corrected chi connectivity index (χ4v) is 2.44. The minimum Gasteiger partial charge on any atom is -0.482 e. The number of benzene rings is 2. The average Bonchev–Trinajstić information content (AvgIpc) is 2.61. The van der Waals surface area contributed by atoms with E-state index >= 15 is 0 Å². The van der Waals surface area contributed by atoms with Crippen molar-refractivity contribution in [3.8, 4) is 5.75 Å². The van der Waals surface area contributed by atoms with E-state index in [1.165, 1.54) is 0 Å². The highest BCUT2D eigenvalue weighted by atomic mass is 32.1. The summed E-state index contributed by atoms with van der Waals surface area (Å²) in [6.45, 7) is 5.51. The van der Waals surface area contributed by atoms with E-state index in [1.807, 2.05) is 39.0 Å². The van der Waals surface area contributed by atoms with Gasteiger partial charge in [0, 0.05) is 5.69 Å². The molecule has 0 aliphatic rings. The standard InChI is InChI=1S/C19H21N3O3S/c1-12-5-4-6-13(2)18(12)20-19(26)22-21-14(3)15-7-9-16(10-8-15)25-11-17(23)24/h4-10H,11H2,1-3H3,(H,23,24)(H2,20,22,26)/b21-14-. The number of carbonyl (C=O) groups is 1. The quantitative estimate of drug-likeness (QED) is 0.410. The van der Waals surface area contributed by atoms with Crippen molar-refractivity contribution in [3.63, 3.8) is 0 Å². The molecule has 0 amide bonds. The van der Waals surface area contributed by atoms with E-state index < -0.39 is 5.97 Å². The molecule has 7 heteroatoms. The number of nitrogens with zero attached hydrogens (tertiary/aromatic N) is 1. The highest BCUT2D eigenvalue weighted by Gasteiger charge is 2.05. The number of thiocarbonyl (C=S) groups is 1. The van der Waals surface area contributed by atoms with Crippen LogP contribution in [0.4, 0.5) is 5.69 Å². The normalized spacial score (nSPS) is 11.0. The fourth-order valence-electron chi connectivity index (χ4n) is 2.29. The molecule has 0 saturated carbocycles. The number of nitrogens with one attached hydrogen (secondary N) is 2. The number of hydrogen-bond acceptors (Lipinski definition) is 4. The lowest BCUT2D eigenvalue weighted by atomic mass is 10.1. The van der Waals surface area contributed by atoms with Gasteiger partial charge in [0.1, 0.15) is 5.75 Å². The number of carboxylic acid groups (broad SMARTS) is 1. The molecule has 3 N–H and O–H groups in total. The second kappa shape index (κ2) is 8.96. The van der Waals surface area contributed by atoms with Crippen molar-refractivity contribution in [1.82, 2.24) is 5.43 Å². The van der Waals surface area contributed by atoms with Gasteiger partial charge in [0.2, 0.25) is 0 Å². The van der Waals surface area contributed by atoms with E-state index in [1.54, 1.807) is 24.3 Å². The summed E-state index contributed by atoms with van der Waals surface area (Å²) < 4.78 is 5.10. The molecule has 2 aromatic rings. The molecule has 0 aliphatic carbocycles. The number of carboxylic acids is 1. The zero-order chi connectivity index (χ0) is 19.1. The highest BCUT2D eigenvalue weighted by molar-refractivity contribution is 7.80. The number of rotatable bonds is 6. The van der Waals surface area contributed by atoms with Crippen molar-refractivity contribution in [1.29, 1.82) is 0 Å². The molecule has 0 bridgehead atoms. The van der Waals surface area contributed by atoms with Crippen molar-refractivity contribution in [2.24, 2.45) is 5.10 Å². The Morgan fingerprint density at radius 1 is 1.15 bits per heavy atom. The van der Waals surface area contributed by atoms with Gasteiger partial charge in [0.05, 0.1) is 5.71 Å². The van der Waals surface area contributed by atoms with Crippen LogP contribution in [0.1, 0.15) is 23.6 Å². The van der Waals surface area contributed by atoms with Crippen LogP contribution in [0.2, 0.25) is 0 Å². The topological polar surface area (TPSA) is 83.0 Å². The molecule has 0 unspecified atom stereocenters. The molecule has 0 radical (unpaired) electrons. The number of para-hydroxylation sites is 1. The van der Waals surface area contributed by atoms with Crippen LogP contribution < -0.4 is 15.5 Å². The fraction of sp³-hybridized carbons (Fsp3) is 0.211. The maximum atomic E-state index is 10.5. The van der Waals surface area contributed by atoms with E-state index in [0.29, 0.717) is 10.9 Å². The largest absolute Gasteiger partial charge is 0.482 e. The second-order valence-electron chi connectivity index (χ2n) is 5.74. The molecule has 136 valence electrons. The average molecular weight is 371 g/mol. The summed E-state index contributed by atoms with van der Waals surface area (Å²) in [5.74, 6) is -0.523. The van der Waals surface area contributed by atoms with Gasteiger partial charge in [-0.25, -0.2) is 4.79 Å². The van der Waals surface area contributed by atoms with Crippen molar-refractivity contribution in [3.05, 3.63) is 59.2 Å². The van der Waals surface area contributed by atoms with Gasteiger partial charge in [0.15, 0.2) is 11.7 Å². The van der Waals surface area contributed by atoms with Gasteiger partial charge in [-0.3, -0.25) is 5.43 Å². The van der Waals surface area contributed by atoms with E-state index in [0.717, 1.165) is 28.1 Å². The van der Waals surface area contributed by atoms with Crippen LogP contribution in [0.3, 0.4) is 0 Å². The lowest BCUT2D eigenvalue weighted by Crippen LogP contribution is -2.25. The third-order valence-corrected chi connectivity index (χ3v) is 3.87. The van der Waals surface area contributed by atoms with Crippen molar-refractivity contribution in [2.45, 2.75) is 20.8 Å². The van der Waals surface area contributed by atoms with Crippen LogP contribution in [0.25, 0.3) is 0 Å². The summed E-state index contributed by atoms with van der Waals surface area (Å²) in [5, 5.41) is 16.5. The van der Waals surface area contributed by atoms with E-state index in [9.17, 15) is 4.79 Å². The van der Waals surface area contributed by atoms with Gasteiger partial charge in [-0.05, 0) is 73.9 Å². The molecule has 0 heterocycles. The smallest absolute Gasteiger partial charge is 0.341 e. The van der Waals surface area contributed by atoms with Crippen LogP contribution in [0, 0.1) is 13.8 Å². The van der Waals surface area contributed by atoms with Crippen LogP contribution in [-0.4, -0.2) is 28.5 Å². The van der Waals surface area contributed by atoms with E-state index in [2.05, 4.69) is 15.8 Å². The van der Waals surface area contributed by atoms with Crippen LogP contribution in [0.15, 0.2) is 47.6 Å². The Hall–Kier alpha value is -2.93. The molecule has 0 saturated heterocycles. The predicted molar refractivity (Wildman–Crippen MR) is 107 cm³/mol. The molecule has 0 spiro atoms. The molecule has 0 aromatic heterocycles. The summed E-state index contributed by atoms with van der Waals surface area (Å²) in [7, 11) is 0. The zero-order valence-corrected chi connectivity index (χ0v) is 15.7. The highest BCUT2D eigenvalue weighted by Crippen LogP contribution is 2.19. The number of aliphatic carboxylic acids is 1. The maximum Gasteiger partial charge on any atom is 0.341 e. The van der Waals surface area contributed by atoms with Crippen molar-refractivity contribution < 1.29 is 14.6 Å². The Morgan fingerprint density at radius 3 is 2.35 bits per heavy atom. The first-order valence-electron chi connectivity index (χ1n) is 7.99. The van der Waals surface area contributed by atoms with Crippen LogP contribution in [-0.2, 0) is 4.79 Å². The van der Waals surface area contributed by atoms with Gasteiger partial charge in [-0.2, -0.15) is 5.10 Å². The van der Waals surface area contributed by atoms with Crippen LogP contribution in [0.5, 0.6) is 5.75 Å². The summed E-state index contributed by atoms with van der Waals surface area (Å²) in [6, 6.07) is 13.0. The van der Waals surface area contributed by atoms with Gasteiger partial charge in [-0.1, -0.05) is 18.2 Å².